The summed E-state index contributed by atoms with van der Waals surface area (Å²) in [5.74, 6) is -0.288. The number of non-ortho nitro benzene ring substituents is 1. The van der Waals surface area contributed by atoms with Gasteiger partial charge >= 0.3 is 0 Å². The molecule has 1 amide bonds. The van der Waals surface area contributed by atoms with Crippen molar-refractivity contribution in [2.45, 2.75) is 0 Å². The molecule has 8 nitrogen and oxygen atoms in total. The van der Waals surface area contributed by atoms with Crippen molar-refractivity contribution in [2.75, 3.05) is 5.32 Å². The van der Waals surface area contributed by atoms with Gasteiger partial charge in [-0.25, -0.2) is 4.98 Å². The van der Waals surface area contributed by atoms with Gasteiger partial charge in [0.2, 0.25) is 5.89 Å². The number of carbonyl (C=O) groups is 1. The third-order valence-electron chi connectivity index (χ3n) is 4.12. The van der Waals surface area contributed by atoms with Gasteiger partial charge in [0.05, 0.1) is 10.5 Å². The Kier molecular flexibility index (Phi) is 4.21. The maximum absolute atomic E-state index is 12.3. The summed E-state index contributed by atoms with van der Waals surface area (Å²) in [5.41, 5.74) is 2.19. The van der Waals surface area contributed by atoms with Crippen LogP contribution in [0.4, 0.5) is 11.4 Å². The number of anilines is 1. The number of aromatic nitrogens is 1. The number of aromatic hydroxyl groups is 1. The molecule has 4 rings (SSSR count). The molecule has 138 valence electrons. The van der Waals surface area contributed by atoms with Crippen LogP contribution in [0.3, 0.4) is 0 Å². The Morgan fingerprint density at radius 3 is 2.50 bits per heavy atom. The van der Waals surface area contributed by atoms with E-state index < -0.39 is 10.8 Å². The second kappa shape index (κ2) is 6.84. The van der Waals surface area contributed by atoms with Crippen molar-refractivity contribution in [3.63, 3.8) is 0 Å². The molecule has 1 heterocycles. The highest BCUT2D eigenvalue weighted by molar-refractivity contribution is 6.04. The molecule has 0 radical (unpaired) electrons. The molecule has 0 aliphatic carbocycles. The Bertz CT molecular complexity index is 1170. The molecule has 0 spiro atoms. The standard InChI is InChI=1S/C20H13N3O5/c24-17-11-13(21-19(25)12-5-8-14(9-6-12)23(26)27)7-10-15(17)20-22-16-3-1-2-4-18(16)28-20/h1-11,24H,(H,21,25). The van der Waals surface area contributed by atoms with Gasteiger partial charge in [-0.1, -0.05) is 12.1 Å². The largest absolute Gasteiger partial charge is 0.507 e. The summed E-state index contributed by atoms with van der Waals surface area (Å²) in [6.07, 6.45) is 0. The zero-order valence-corrected chi connectivity index (χ0v) is 14.3. The predicted molar refractivity (Wildman–Crippen MR) is 102 cm³/mol. The first-order valence-electron chi connectivity index (χ1n) is 8.26. The van der Waals surface area contributed by atoms with E-state index in [0.717, 1.165) is 0 Å². The predicted octanol–water partition coefficient (Wildman–Crippen LogP) is 4.36. The summed E-state index contributed by atoms with van der Waals surface area (Å²) in [4.78, 5) is 26.8. The van der Waals surface area contributed by atoms with Gasteiger partial charge in [-0.3, -0.25) is 14.9 Å². The molecular formula is C20H13N3O5. The minimum absolute atomic E-state index is 0.100. The van der Waals surface area contributed by atoms with Crippen molar-refractivity contribution < 1.29 is 19.2 Å². The Morgan fingerprint density at radius 2 is 1.82 bits per heavy atom. The zero-order chi connectivity index (χ0) is 19.7. The smallest absolute Gasteiger partial charge is 0.269 e. The van der Waals surface area contributed by atoms with Crippen molar-refractivity contribution in [1.82, 2.24) is 4.98 Å². The molecule has 0 saturated heterocycles. The second-order valence-corrected chi connectivity index (χ2v) is 5.98. The van der Waals surface area contributed by atoms with Crippen LogP contribution < -0.4 is 5.32 Å². The lowest BCUT2D eigenvalue weighted by Crippen LogP contribution is -2.11. The lowest BCUT2D eigenvalue weighted by Gasteiger charge is -2.07. The van der Waals surface area contributed by atoms with E-state index in [9.17, 15) is 20.0 Å². The number of nitrogens with zero attached hydrogens (tertiary/aromatic N) is 2. The van der Waals surface area contributed by atoms with Crippen molar-refractivity contribution in [3.8, 4) is 17.2 Å². The summed E-state index contributed by atoms with van der Waals surface area (Å²) < 4.78 is 5.64. The van der Waals surface area contributed by atoms with Crippen LogP contribution in [0, 0.1) is 10.1 Å². The number of rotatable bonds is 4. The lowest BCUT2D eigenvalue weighted by molar-refractivity contribution is -0.384. The number of nitrogens with one attached hydrogen (secondary N) is 1. The van der Waals surface area contributed by atoms with E-state index in [0.29, 0.717) is 22.4 Å². The van der Waals surface area contributed by atoms with Crippen LogP contribution in [0.25, 0.3) is 22.6 Å². The fourth-order valence-corrected chi connectivity index (χ4v) is 2.72. The van der Waals surface area contributed by atoms with Crippen LogP contribution in [0.5, 0.6) is 5.75 Å². The number of benzene rings is 3. The molecule has 0 atom stereocenters. The summed E-state index contributed by atoms with van der Waals surface area (Å²) in [6, 6.07) is 17.1. The van der Waals surface area contributed by atoms with Crippen LogP contribution in [0.2, 0.25) is 0 Å². The molecule has 0 fully saturated rings. The van der Waals surface area contributed by atoms with E-state index in [-0.39, 0.29) is 22.9 Å². The number of nitro groups is 1. The molecule has 0 aliphatic rings. The number of carbonyl (C=O) groups excluding carboxylic acids is 1. The number of nitro benzene ring substituents is 1. The second-order valence-electron chi connectivity index (χ2n) is 5.98. The van der Waals surface area contributed by atoms with Crippen LogP contribution in [-0.4, -0.2) is 20.9 Å². The summed E-state index contributed by atoms with van der Waals surface area (Å²) in [5, 5.41) is 23.6. The van der Waals surface area contributed by atoms with Gasteiger partial charge in [0.15, 0.2) is 5.58 Å². The number of phenols is 1. The molecular weight excluding hydrogens is 362 g/mol. The zero-order valence-electron chi connectivity index (χ0n) is 14.3. The van der Waals surface area contributed by atoms with Gasteiger partial charge < -0.3 is 14.8 Å². The van der Waals surface area contributed by atoms with Gasteiger partial charge in [0.1, 0.15) is 11.3 Å². The molecule has 4 aromatic rings. The highest BCUT2D eigenvalue weighted by Crippen LogP contribution is 2.33. The number of fused-ring (bicyclic) bond motifs is 1. The molecule has 2 N–H and O–H groups in total. The lowest BCUT2D eigenvalue weighted by atomic mass is 10.1. The maximum Gasteiger partial charge on any atom is 0.269 e. The van der Waals surface area contributed by atoms with E-state index in [1.807, 2.05) is 12.1 Å². The first-order valence-corrected chi connectivity index (χ1v) is 8.26. The molecule has 0 unspecified atom stereocenters. The van der Waals surface area contributed by atoms with Gasteiger partial charge in [0.25, 0.3) is 11.6 Å². The SMILES string of the molecule is O=C(Nc1ccc(-c2nc3ccccc3o2)c(O)c1)c1ccc([N+](=O)[O-])cc1. The molecule has 28 heavy (non-hydrogen) atoms. The quantitative estimate of drug-likeness (QED) is 0.404. The van der Waals surface area contributed by atoms with Crippen LogP contribution in [0.15, 0.2) is 71.1 Å². The number of phenolic OH excluding ortho intramolecular Hbond substituents is 1. The first kappa shape index (κ1) is 17.2. The highest BCUT2D eigenvalue weighted by Gasteiger charge is 2.14. The normalized spacial score (nSPS) is 10.7. The molecule has 0 bridgehead atoms. The molecule has 8 heteroatoms. The van der Waals surface area contributed by atoms with Crippen molar-refractivity contribution >= 4 is 28.4 Å². The van der Waals surface area contributed by atoms with Crippen molar-refractivity contribution in [1.29, 1.82) is 0 Å². The van der Waals surface area contributed by atoms with Gasteiger partial charge in [-0.05, 0) is 36.4 Å². The minimum atomic E-state index is -0.537. The number of hydrogen-bond acceptors (Lipinski definition) is 6. The molecule has 1 aromatic heterocycles. The topological polar surface area (TPSA) is 118 Å². The minimum Gasteiger partial charge on any atom is -0.507 e. The van der Waals surface area contributed by atoms with Crippen LogP contribution in [-0.2, 0) is 0 Å². The maximum atomic E-state index is 12.3. The third kappa shape index (κ3) is 3.26. The molecule has 0 saturated carbocycles. The Balaban J connectivity index is 1.55. The first-order chi connectivity index (χ1) is 13.5. The Morgan fingerprint density at radius 1 is 1.07 bits per heavy atom. The van der Waals surface area contributed by atoms with Crippen LogP contribution >= 0.6 is 0 Å². The summed E-state index contributed by atoms with van der Waals surface area (Å²) in [7, 11) is 0. The Labute approximate surface area is 158 Å². The number of oxazole rings is 1. The molecule has 3 aromatic carbocycles. The highest BCUT2D eigenvalue weighted by atomic mass is 16.6. The molecule has 0 aliphatic heterocycles. The monoisotopic (exact) mass is 375 g/mol. The summed E-state index contributed by atoms with van der Waals surface area (Å²) in [6.45, 7) is 0. The van der Waals surface area contributed by atoms with Crippen molar-refractivity contribution in [3.05, 3.63) is 82.4 Å². The van der Waals surface area contributed by atoms with E-state index in [2.05, 4.69) is 10.3 Å². The van der Waals surface area contributed by atoms with E-state index in [1.54, 1.807) is 24.3 Å². The summed E-state index contributed by atoms with van der Waals surface area (Å²) >= 11 is 0. The third-order valence-corrected chi connectivity index (χ3v) is 4.12. The van der Waals surface area contributed by atoms with Gasteiger partial charge in [-0.15, -0.1) is 0 Å². The fraction of sp³-hybridized carbons (Fsp3) is 0. The average molecular weight is 375 g/mol. The van der Waals surface area contributed by atoms with E-state index in [1.165, 1.54) is 30.3 Å². The van der Waals surface area contributed by atoms with Crippen LogP contribution in [0.1, 0.15) is 10.4 Å². The fourth-order valence-electron chi connectivity index (χ4n) is 2.72. The van der Waals surface area contributed by atoms with Crippen molar-refractivity contribution in [2.24, 2.45) is 0 Å². The van der Waals surface area contributed by atoms with E-state index in [4.69, 9.17) is 4.42 Å². The Hall–Kier alpha value is -4.20. The van der Waals surface area contributed by atoms with Gasteiger partial charge in [0, 0.05) is 29.4 Å². The van der Waals surface area contributed by atoms with Gasteiger partial charge in [-0.2, -0.15) is 0 Å². The number of para-hydroxylation sites is 2. The number of amides is 1. The van der Waals surface area contributed by atoms with E-state index >= 15 is 0 Å². The number of hydrogen-bond donors (Lipinski definition) is 2. The average Bonchev–Trinajstić information content (AvgIpc) is 3.12.